The first-order valence-electron chi connectivity index (χ1n) is 6.35. The van der Waals surface area contributed by atoms with Gasteiger partial charge in [-0.25, -0.2) is 0 Å². The summed E-state index contributed by atoms with van der Waals surface area (Å²) < 4.78 is 5.28. The smallest absolute Gasteiger partial charge is 0.261 e. The van der Waals surface area contributed by atoms with Crippen LogP contribution in [0.4, 0.5) is 5.69 Å². The van der Waals surface area contributed by atoms with Gasteiger partial charge in [0.05, 0.1) is 11.6 Å². The summed E-state index contributed by atoms with van der Waals surface area (Å²) in [6.07, 6.45) is 0. The van der Waals surface area contributed by atoms with Crippen LogP contribution < -0.4 is 5.73 Å². The van der Waals surface area contributed by atoms with Crippen molar-refractivity contribution < 1.29 is 9.63 Å². The minimum atomic E-state index is 0.0478. The fraction of sp³-hybridized carbons (Fsp3) is 0.385. The number of phenolic OH excluding ortho intramolecular Hbond substituents is 1. The molecule has 6 nitrogen and oxygen atoms in total. The molecular formula is C13H16N4O2S. The van der Waals surface area contributed by atoms with E-state index in [4.69, 9.17) is 10.3 Å². The fourth-order valence-corrected chi connectivity index (χ4v) is 3.38. The number of rotatable bonds is 2. The molecule has 0 radical (unpaired) electrons. The second-order valence-electron chi connectivity index (χ2n) is 4.81. The van der Waals surface area contributed by atoms with E-state index in [2.05, 4.69) is 22.1 Å². The van der Waals surface area contributed by atoms with Crippen LogP contribution in [0.25, 0.3) is 11.5 Å². The van der Waals surface area contributed by atoms with Crippen molar-refractivity contribution in [1.82, 2.24) is 15.0 Å². The number of phenols is 1. The van der Waals surface area contributed by atoms with Crippen molar-refractivity contribution in [3.05, 3.63) is 24.0 Å². The first-order valence-corrected chi connectivity index (χ1v) is 7.51. The average molecular weight is 292 g/mol. The van der Waals surface area contributed by atoms with Crippen LogP contribution in [-0.4, -0.2) is 45.2 Å². The molecule has 1 unspecified atom stereocenters. The largest absolute Gasteiger partial charge is 0.507 e. The van der Waals surface area contributed by atoms with Gasteiger partial charge >= 0.3 is 0 Å². The van der Waals surface area contributed by atoms with Crippen molar-refractivity contribution in [2.75, 3.05) is 30.8 Å². The molecule has 7 heteroatoms. The van der Waals surface area contributed by atoms with E-state index in [1.165, 1.54) is 6.07 Å². The van der Waals surface area contributed by atoms with E-state index in [1.54, 1.807) is 12.1 Å². The zero-order valence-corrected chi connectivity index (χ0v) is 11.9. The monoisotopic (exact) mass is 292 g/mol. The average Bonchev–Trinajstić information content (AvgIpc) is 2.88. The Labute approximate surface area is 121 Å². The summed E-state index contributed by atoms with van der Waals surface area (Å²) in [7, 11) is 2.06. The molecule has 0 amide bonds. The van der Waals surface area contributed by atoms with Crippen LogP contribution in [-0.2, 0) is 0 Å². The van der Waals surface area contributed by atoms with Gasteiger partial charge in [0, 0.05) is 29.8 Å². The van der Waals surface area contributed by atoms with Gasteiger partial charge in [0.25, 0.3) is 5.89 Å². The molecule has 3 rings (SSSR count). The fourth-order valence-electron chi connectivity index (χ4n) is 2.17. The molecule has 3 N–H and O–H groups in total. The number of hydrogen-bond acceptors (Lipinski definition) is 7. The van der Waals surface area contributed by atoms with Crippen LogP contribution in [0.15, 0.2) is 22.7 Å². The molecule has 1 aromatic heterocycles. The highest BCUT2D eigenvalue weighted by atomic mass is 32.2. The quantitative estimate of drug-likeness (QED) is 0.815. The summed E-state index contributed by atoms with van der Waals surface area (Å²) in [4.78, 5) is 6.63. The number of nitrogens with zero attached hydrogens (tertiary/aromatic N) is 3. The molecule has 0 saturated carbocycles. The highest BCUT2D eigenvalue weighted by molar-refractivity contribution is 7.99. The third-order valence-corrected chi connectivity index (χ3v) is 4.41. The molecule has 1 atom stereocenters. The molecule has 0 spiro atoms. The normalized spacial score (nSPS) is 20.1. The predicted molar refractivity (Wildman–Crippen MR) is 78.5 cm³/mol. The molecule has 1 saturated heterocycles. The number of aromatic hydroxyl groups is 1. The van der Waals surface area contributed by atoms with Crippen molar-refractivity contribution in [3.8, 4) is 17.2 Å². The molecule has 1 fully saturated rings. The van der Waals surface area contributed by atoms with E-state index in [0.717, 1.165) is 18.1 Å². The summed E-state index contributed by atoms with van der Waals surface area (Å²) in [5, 5.41) is 13.9. The Balaban J connectivity index is 1.89. The van der Waals surface area contributed by atoms with Crippen LogP contribution in [0.5, 0.6) is 5.75 Å². The second kappa shape index (κ2) is 5.34. The number of aromatic nitrogens is 2. The Bertz CT molecular complexity index is 616. The van der Waals surface area contributed by atoms with Gasteiger partial charge < -0.3 is 15.4 Å². The number of nitrogen functional groups attached to an aromatic ring is 1. The molecule has 0 bridgehead atoms. The molecular weight excluding hydrogens is 276 g/mol. The Morgan fingerprint density at radius 2 is 2.35 bits per heavy atom. The maximum absolute atomic E-state index is 9.89. The van der Waals surface area contributed by atoms with Crippen molar-refractivity contribution in [3.63, 3.8) is 0 Å². The van der Waals surface area contributed by atoms with Crippen molar-refractivity contribution >= 4 is 17.4 Å². The lowest BCUT2D eigenvalue weighted by molar-refractivity contribution is 0.257. The predicted octanol–water partition coefficient (Wildman–Crippen LogP) is 1.74. The lowest BCUT2D eigenvalue weighted by Gasteiger charge is -2.29. The van der Waals surface area contributed by atoms with Gasteiger partial charge in [-0.3, -0.25) is 4.90 Å². The summed E-state index contributed by atoms with van der Waals surface area (Å²) in [5.74, 6) is 3.10. The van der Waals surface area contributed by atoms with Gasteiger partial charge in [-0.15, -0.1) is 0 Å². The van der Waals surface area contributed by atoms with Gasteiger partial charge in [0.1, 0.15) is 5.75 Å². The Hall–Kier alpha value is -1.73. The second-order valence-corrected chi connectivity index (χ2v) is 5.96. The molecule has 1 aliphatic heterocycles. The van der Waals surface area contributed by atoms with E-state index >= 15 is 0 Å². The zero-order chi connectivity index (χ0) is 14.1. The topological polar surface area (TPSA) is 88.4 Å². The van der Waals surface area contributed by atoms with Crippen molar-refractivity contribution in [1.29, 1.82) is 0 Å². The minimum absolute atomic E-state index is 0.0478. The first kappa shape index (κ1) is 13.3. The maximum Gasteiger partial charge on any atom is 0.261 e. The summed E-state index contributed by atoms with van der Waals surface area (Å²) in [5.41, 5.74) is 6.61. The lowest BCUT2D eigenvalue weighted by atomic mass is 10.2. The summed E-state index contributed by atoms with van der Waals surface area (Å²) in [6.45, 7) is 1.01. The third kappa shape index (κ3) is 2.46. The minimum Gasteiger partial charge on any atom is -0.507 e. The van der Waals surface area contributed by atoms with Crippen LogP contribution in [0.3, 0.4) is 0 Å². The number of hydrogen-bond donors (Lipinski definition) is 2. The molecule has 0 aliphatic carbocycles. The zero-order valence-electron chi connectivity index (χ0n) is 11.1. The Morgan fingerprint density at radius 3 is 3.10 bits per heavy atom. The molecule has 1 aliphatic rings. The standard InChI is InChI=1S/C13H16N4O2S/c1-17-4-5-20-7-10(17)12-15-13(19-16-12)9-3-2-8(14)6-11(9)18/h2-3,6,10,18H,4-5,7,14H2,1H3. The van der Waals surface area contributed by atoms with E-state index in [9.17, 15) is 5.11 Å². The molecule has 106 valence electrons. The van der Waals surface area contributed by atoms with Crippen LogP contribution in [0.1, 0.15) is 11.9 Å². The lowest BCUT2D eigenvalue weighted by Crippen LogP contribution is -2.33. The van der Waals surface area contributed by atoms with Gasteiger partial charge in [-0.05, 0) is 19.2 Å². The third-order valence-electron chi connectivity index (χ3n) is 3.39. The Kier molecular flexibility index (Phi) is 3.54. The maximum atomic E-state index is 9.89. The van der Waals surface area contributed by atoms with E-state index in [0.29, 0.717) is 23.0 Å². The molecule has 1 aromatic carbocycles. The highest BCUT2D eigenvalue weighted by Gasteiger charge is 2.26. The highest BCUT2D eigenvalue weighted by Crippen LogP contribution is 2.32. The van der Waals surface area contributed by atoms with Crippen LogP contribution >= 0.6 is 11.8 Å². The van der Waals surface area contributed by atoms with Gasteiger partial charge in [0.2, 0.25) is 0 Å². The van der Waals surface area contributed by atoms with Crippen molar-refractivity contribution in [2.45, 2.75) is 6.04 Å². The SMILES string of the molecule is CN1CCSCC1c1noc(-c2ccc(N)cc2O)n1. The van der Waals surface area contributed by atoms with Crippen molar-refractivity contribution in [2.24, 2.45) is 0 Å². The van der Waals surface area contributed by atoms with Crippen LogP contribution in [0, 0.1) is 0 Å². The van der Waals surface area contributed by atoms with E-state index in [-0.39, 0.29) is 11.8 Å². The number of nitrogens with two attached hydrogens (primary N) is 1. The number of benzene rings is 1. The Morgan fingerprint density at radius 1 is 1.50 bits per heavy atom. The molecule has 2 aromatic rings. The van der Waals surface area contributed by atoms with E-state index < -0.39 is 0 Å². The number of anilines is 1. The molecule has 2 heterocycles. The van der Waals surface area contributed by atoms with Gasteiger partial charge in [-0.1, -0.05) is 5.16 Å². The molecule has 20 heavy (non-hydrogen) atoms. The summed E-state index contributed by atoms with van der Waals surface area (Å²) >= 11 is 1.88. The van der Waals surface area contributed by atoms with Gasteiger partial charge in [0.15, 0.2) is 5.82 Å². The van der Waals surface area contributed by atoms with E-state index in [1.807, 2.05) is 11.8 Å². The number of thioether (sulfide) groups is 1. The van der Waals surface area contributed by atoms with Gasteiger partial charge in [-0.2, -0.15) is 16.7 Å². The van der Waals surface area contributed by atoms with Crippen LogP contribution in [0.2, 0.25) is 0 Å². The first-order chi connectivity index (χ1) is 9.65. The summed E-state index contributed by atoms with van der Waals surface area (Å²) in [6, 6.07) is 5.01.